The van der Waals surface area contributed by atoms with Gasteiger partial charge in [0.2, 0.25) is 0 Å². The SMILES string of the molecule is C/C(=N\Nc1ccc(Cl)cc1)c1ccc(C(F)(F)F)cc1N. The Kier molecular flexibility index (Phi) is 4.61. The molecule has 0 aliphatic carbocycles. The summed E-state index contributed by atoms with van der Waals surface area (Å²) in [5.74, 6) is 0. The van der Waals surface area contributed by atoms with E-state index in [-0.39, 0.29) is 5.69 Å². The molecule has 0 bridgehead atoms. The molecule has 0 unspecified atom stereocenters. The van der Waals surface area contributed by atoms with Gasteiger partial charge >= 0.3 is 6.18 Å². The molecule has 0 radical (unpaired) electrons. The van der Waals surface area contributed by atoms with Crippen molar-refractivity contribution in [3.05, 3.63) is 58.6 Å². The third kappa shape index (κ3) is 3.92. The summed E-state index contributed by atoms with van der Waals surface area (Å²) < 4.78 is 37.8. The molecule has 22 heavy (non-hydrogen) atoms. The number of benzene rings is 2. The van der Waals surface area contributed by atoms with Crippen molar-refractivity contribution < 1.29 is 13.2 Å². The van der Waals surface area contributed by atoms with E-state index in [9.17, 15) is 13.2 Å². The fourth-order valence-electron chi connectivity index (χ4n) is 1.80. The van der Waals surface area contributed by atoms with Crippen LogP contribution in [0.15, 0.2) is 47.6 Å². The van der Waals surface area contributed by atoms with Gasteiger partial charge in [0.15, 0.2) is 0 Å². The number of hydrogen-bond donors (Lipinski definition) is 2. The maximum atomic E-state index is 12.6. The molecule has 0 amide bonds. The Morgan fingerprint density at radius 3 is 2.32 bits per heavy atom. The van der Waals surface area contributed by atoms with E-state index in [1.807, 2.05) is 0 Å². The summed E-state index contributed by atoms with van der Waals surface area (Å²) in [6, 6.07) is 10.0. The van der Waals surface area contributed by atoms with Gasteiger partial charge in [0, 0.05) is 16.3 Å². The monoisotopic (exact) mass is 327 g/mol. The van der Waals surface area contributed by atoms with E-state index in [1.165, 1.54) is 6.07 Å². The summed E-state index contributed by atoms with van der Waals surface area (Å²) in [4.78, 5) is 0. The van der Waals surface area contributed by atoms with Crippen LogP contribution in [0.3, 0.4) is 0 Å². The van der Waals surface area contributed by atoms with Crippen molar-refractivity contribution in [1.82, 2.24) is 0 Å². The molecular formula is C15H13ClF3N3. The summed E-state index contributed by atoms with van der Waals surface area (Å²) in [6.07, 6.45) is -4.42. The molecule has 2 aromatic rings. The van der Waals surface area contributed by atoms with Crippen LogP contribution in [0.25, 0.3) is 0 Å². The van der Waals surface area contributed by atoms with Gasteiger partial charge in [0.05, 0.1) is 17.0 Å². The van der Waals surface area contributed by atoms with Gasteiger partial charge in [-0.15, -0.1) is 0 Å². The van der Waals surface area contributed by atoms with E-state index in [4.69, 9.17) is 17.3 Å². The molecule has 7 heteroatoms. The molecule has 0 saturated heterocycles. The zero-order chi connectivity index (χ0) is 16.3. The topological polar surface area (TPSA) is 50.4 Å². The largest absolute Gasteiger partial charge is 0.416 e. The average Bonchev–Trinajstić information content (AvgIpc) is 2.45. The molecule has 0 aliphatic rings. The van der Waals surface area contributed by atoms with Crippen LogP contribution in [-0.4, -0.2) is 5.71 Å². The van der Waals surface area contributed by atoms with Crippen LogP contribution in [0.4, 0.5) is 24.5 Å². The Labute approximate surface area is 130 Å². The quantitative estimate of drug-likeness (QED) is 0.484. The zero-order valence-corrected chi connectivity index (χ0v) is 12.3. The first-order valence-electron chi connectivity index (χ1n) is 6.30. The molecule has 0 heterocycles. The molecule has 0 fully saturated rings. The fraction of sp³-hybridized carbons (Fsp3) is 0.133. The number of nitrogens with two attached hydrogens (primary N) is 1. The number of hydrogen-bond acceptors (Lipinski definition) is 3. The first kappa shape index (κ1) is 16.2. The second-order valence-corrected chi connectivity index (χ2v) is 5.05. The molecule has 2 rings (SSSR count). The number of halogens is 4. The molecule has 116 valence electrons. The van der Waals surface area contributed by atoms with Crippen LogP contribution in [0.2, 0.25) is 5.02 Å². The minimum absolute atomic E-state index is 0.0222. The minimum Gasteiger partial charge on any atom is -0.398 e. The normalized spacial score (nSPS) is 12.3. The smallest absolute Gasteiger partial charge is 0.398 e. The summed E-state index contributed by atoms with van der Waals surface area (Å²) in [6.45, 7) is 1.65. The number of alkyl halides is 3. The van der Waals surface area contributed by atoms with E-state index >= 15 is 0 Å². The van der Waals surface area contributed by atoms with Crippen molar-refractivity contribution in [1.29, 1.82) is 0 Å². The number of anilines is 2. The van der Waals surface area contributed by atoms with Crippen LogP contribution < -0.4 is 11.2 Å². The number of nitrogen functional groups attached to an aromatic ring is 1. The summed E-state index contributed by atoms with van der Waals surface area (Å²) >= 11 is 5.77. The average molecular weight is 328 g/mol. The summed E-state index contributed by atoms with van der Waals surface area (Å²) in [7, 11) is 0. The van der Waals surface area contributed by atoms with Crippen molar-refractivity contribution in [2.45, 2.75) is 13.1 Å². The summed E-state index contributed by atoms with van der Waals surface area (Å²) in [5, 5.41) is 4.70. The number of rotatable bonds is 3. The highest BCUT2D eigenvalue weighted by Crippen LogP contribution is 2.31. The predicted molar refractivity (Wildman–Crippen MR) is 83.1 cm³/mol. The van der Waals surface area contributed by atoms with Gasteiger partial charge in [-0.05, 0) is 43.3 Å². The van der Waals surface area contributed by atoms with Gasteiger partial charge in [-0.1, -0.05) is 17.7 Å². The summed E-state index contributed by atoms with van der Waals surface area (Å²) in [5.41, 5.74) is 9.33. The lowest BCUT2D eigenvalue weighted by atomic mass is 10.1. The lowest BCUT2D eigenvalue weighted by Gasteiger charge is -2.11. The van der Waals surface area contributed by atoms with Crippen LogP contribution in [0, 0.1) is 0 Å². The van der Waals surface area contributed by atoms with Crippen molar-refractivity contribution in [3.63, 3.8) is 0 Å². The van der Waals surface area contributed by atoms with Gasteiger partial charge in [0.25, 0.3) is 0 Å². The Bertz CT molecular complexity index is 694. The van der Waals surface area contributed by atoms with Gasteiger partial charge in [-0.3, -0.25) is 5.43 Å². The van der Waals surface area contributed by atoms with Crippen molar-refractivity contribution in [3.8, 4) is 0 Å². The molecule has 0 saturated carbocycles. The fourth-order valence-corrected chi connectivity index (χ4v) is 1.93. The van der Waals surface area contributed by atoms with E-state index in [0.29, 0.717) is 22.0 Å². The molecule has 2 aromatic carbocycles. The molecule has 0 aromatic heterocycles. The molecular weight excluding hydrogens is 315 g/mol. The maximum Gasteiger partial charge on any atom is 0.416 e. The maximum absolute atomic E-state index is 12.6. The van der Waals surface area contributed by atoms with Gasteiger partial charge in [0.1, 0.15) is 0 Å². The van der Waals surface area contributed by atoms with E-state index in [1.54, 1.807) is 31.2 Å². The Balaban J connectivity index is 2.20. The highest BCUT2D eigenvalue weighted by molar-refractivity contribution is 6.30. The predicted octanol–water partition coefficient (Wildman–Crippen LogP) is 4.78. The van der Waals surface area contributed by atoms with Crippen LogP contribution in [0.1, 0.15) is 18.1 Å². The highest BCUT2D eigenvalue weighted by Gasteiger charge is 2.30. The Hall–Kier alpha value is -2.21. The number of nitrogens with one attached hydrogen (secondary N) is 1. The van der Waals surface area contributed by atoms with Gasteiger partial charge in [-0.2, -0.15) is 18.3 Å². The van der Waals surface area contributed by atoms with Crippen molar-refractivity contribution in [2.24, 2.45) is 5.10 Å². The zero-order valence-electron chi connectivity index (χ0n) is 11.6. The second kappa shape index (κ2) is 6.27. The molecule has 0 aliphatic heterocycles. The van der Waals surface area contributed by atoms with Crippen LogP contribution in [-0.2, 0) is 6.18 Å². The van der Waals surface area contributed by atoms with E-state index in [2.05, 4.69) is 10.5 Å². The van der Waals surface area contributed by atoms with Crippen molar-refractivity contribution in [2.75, 3.05) is 11.2 Å². The first-order valence-corrected chi connectivity index (χ1v) is 6.68. The number of nitrogens with zero attached hydrogens (tertiary/aromatic N) is 1. The van der Waals surface area contributed by atoms with Crippen molar-refractivity contribution >= 4 is 28.7 Å². The molecule has 0 spiro atoms. The van der Waals surface area contributed by atoms with E-state index in [0.717, 1.165) is 12.1 Å². The molecule has 0 atom stereocenters. The van der Waals surface area contributed by atoms with E-state index < -0.39 is 11.7 Å². The standard InChI is InChI=1S/C15H13ClF3N3/c1-9(21-22-12-5-3-11(16)4-6-12)13-7-2-10(8-14(13)20)15(17,18)19/h2-8,22H,20H2,1H3/b21-9+. The second-order valence-electron chi connectivity index (χ2n) is 4.62. The third-order valence-corrected chi connectivity index (χ3v) is 3.22. The van der Waals surface area contributed by atoms with Gasteiger partial charge < -0.3 is 5.73 Å². The van der Waals surface area contributed by atoms with Crippen LogP contribution >= 0.6 is 11.6 Å². The Morgan fingerprint density at radius 2 is 1.77 bits per heavy atom. The Morgan fingerprint density at radius 1 is 1.14 bits per heavy atom. The molecule has 3 N–H and O–H groups in total. The first-order chi connectivity index (χ1) is 10.3. The minimum atomic E-state index is -4.42. The number of hydrazone groups is 1. The van der Waals surface area contributed by atoms with Gasteiger partial charge in [-0.25, -0.2) is 0 Å². The lowest BCUT2D eigenvalue weighted by Crippen LogP contribution is -2.09. The highest BCUT2D eigenvalue weighted by atomic mass is 35.5. The molecule has 3 nitrogen and oxygen atoms in total. The van der Waals surface area contributed by atoms with Crippen LogP contribution in [0.5, 0.6) is 0 Å². The lowest BCUT2D eigenvalue weighted by molar-refractivity contribution is -0.137. The third-order valence-electron chi connectivity index (χ3n) is 2.97.